The number of hydrogen-bond donors (Lipinski definition) is 0. The number of nitrogens with zero attached hydrogens (tertiary/aromatic N) is 4. The molecule has 0 saturated heterocycles. The highest BCUT2D eigenvalue weighted by Gasteiger charge is 2.14. The summed E-state index contributed by atoms with van der Waals surface area (Å²) < 4.78 is 1.68. The van der Waals surface area contributed by atoms with E-state index in [1.807, 2.05) is 66.9 Å². The molecule has 0 unspecified atom stereocenters. The smallest absolute Gasteiger partial charge is 0.210 e. The zero-order valence-electron chi connectivity index (χ0n) is 12.4. The average molecular weight is 298 g/mol. The zero-order chi connectivity index (χ0) is 15.6. The summed E-state index contributed by atoms with van der Waals surface area (Å²) >= 11 is 0. The van der Waals surface area contributed by atoms with E-state index in [1.54, 1.807) is 4.52 Å². The number of benzene rings is 2. The van der Waals surface area contributed by atoms with Crippen molar-refractivity contribution in [1.82, 2.24) is 19.6 Å². The molecule has 4 aromatic rings. The summed E-state index contributed by atoms with van der Waals surface area (Å²) in [7, 11) is 0. The molecule has 0 amide bonds. The van der Waals surface area contributed by atoms with Crippen molar-refractivity contribution < 1.29 is 0 Å². The van der Waals surface area contributed by atoms with Crippen LogP contribution in [0.15, 0.2) is 79.8 Å². The third kappa shape index (κ3) is 2.40. The van der Waals surface area contributed by atoms with Crippen molar-refractivity contribution in [2.45, 2.75) is 0 Å². The first-order valence-electron chi connectivity index (χ1n) is 7.33. The van der Waals surface area contributed by atoms with Gasteiger partial charge >= 0.3 is 0 Å². The molecule has 0 radical (unpaired) electrons. The lowest BCUT2D eigenvalue weighted by Gasteiger charge is -2.12. The van der Waals surface area contributed by atoms with E-state index in [2.05, 4.69) is 21.6 Å². The van der Waals surface area contributed by atoms with Gasteiger partial charge in [0.1, 0.15) is 6.33 Å². The number of hydrogen-bond acceptors (Lipinski definition) is 3. The van der Waals surface area contributed by atoms with Gasteiger partial charge in [0.25, 0.3) is 5.78 Å². The van der Waals surface area contributed by atoms with Gasteiger partial charge in [0.15, 0.2) is 0 Å². The molecule has 0 saturated carbocycles. The fraction of sp³-hybridized carbons (Fsp3) is 0. The predicted octanol–water partition coefficient (Wildman–Crippen LogP) is 3.85. The Kier molecular flexibility index (Phi) is 3.20. The number of rotatable bonds is 3. The summed E-state index contributed by atoms with van der Waals surface area (Å²) in [5, 5.41) is 4.19. The van der Waals surface area contributed by atoms with Gasteiger partial charge in [-0.25, -0.2) is 9.50 Å². The third-order valence-electron chi connectivity index (χ3n) is 3.77. The lowest BCUT2D eigenvalue weighted by molar-refractivity contribution is 0.936. The second kappa shape index (κ2) is 5.50. The highest BCUT2D eigenvalue weighted by atomic mass is 15.3. The standard InChI is InChI=1S/C19H14N4/c1-14(15-8-4-2-5-9-15)17-12-23-19(20-13-21-23)22-18(17)16-10-6-3-7-11-16/h2-13H,1H2. The summed E-state index contributed by atoms with van der Waals surface area (Å²) in [5.74, 6) is 0.577. The van der Waals surface area contributed by atoms with Crippen LogP contribution in [0, 0.1) is 0 Å². The van der Waals surface area contributed by atoms with Gasteiger partial charge in [-0.15, -0.1) is 0 Å². The molecule has 2 aromatic carbocycles. The minimum absolute atomic E-state index is 0.577. The molecule has 23 heavy (non-hydrogen) atoms. The quantitative estimate of drug-likeness (QED) is 0.577. The summed E-state index contributed by atoms with van der Waals surface area (Å²) in [6.07, 6.45) is 3.44. The predicted molar refractivity (Wildman–Crippen MR) is 90.8 cm³/mol. The lowest BCUT2D eigenvalue weighted by Crippen LogP contribution is -2.00. The summed E-state index contributed by atoms with van der Waals surface area (Å²) in [5.41, 5.74) is 4.81. The van der Waals surface area contributed by atoms with Crippen LogP contribution < -0.4 is 0 Å². The molecular formula is C19H14N4. The first-order chi connectivity index (χ1) is 11.3. The van der Waals surface area contributed by atoms with Gasteiger partial charge in [0.05, 0.1) is 5.69 Å². The molecule has 0 spiro atoms. The van der Waals surface area contributed by atoms with Crippen LogP contribution in [0.3, 0.4) is 0 Å². The minimum Gasteiger partial charge on any atom is -0.210 e. The van der Waals surface area contributed by atoms with Crippen LogP contribution in [0.4, 0.5) is 0 Å². The molecular weight excluding hydrogens is 284 g/mol. The van der Waals surface area contributed by atoms with Crippen molar-refractivity contribution in [2.75, 3.05) is 0 Å². The molecule has 4 rings (SSSR count). The molecule has 0 bridgehead atoms. The van der Waals surface area contributed by atoms with Crippen molar-refractivity contribution in [3.8, 4) is 11.3 Å². The Morgan fingerprint density at radius 3 is 2.35 bits per heavy atom. The Bertz CT molecular complexity index is 972. The second-order valence-electron chi connectivity index (χ2n) is 5.22. The molecule has 4 heteroatoms. The Labute approximate surface area is 133 Å². The van der Waals surface area contributed by atoms with Gasteiger partial charge in [-0.05, 0) is 11.1 Å². The van der Waals surface area contributed by atoms with Crippen molar-refractivity contribution in [3.05, 3.63) is 90.9 Å². The van der Waals surface area contributed by atoms with Crippen molar-refractivity contribution in [1.29, 1.82) is 0 Å². The third-order valence-corrected chi connectivity index (χ3v) is 3.77. The van der Waals surface area contributed by atoms with Gasteiger partial charge in [0, 0.05) is 17.3 Å². The van der Waals surface area contributed by atoms with Crippen LogP contribution in [0.1, 0.15) is 11.1 Å². The van der Waals surface area contributed by atoms with Crippen LogP contribution in [-0.4, -0.2) is 19.6 Å². The lowest BCUT2D eigenvalue weighted by atomic mass is 9.96. The van der Waals surface area contributed by atoms with Crippen LogP contribution in [0.5, 0.6) is 0 Å². The van der Waals surface area contributed by atoms with E-state index in [9.17, 15) is 0 Å². The van der Waals surface area contributed by atoms with Crippen LogP contribution >= 0.6 is 0 Å². The van der Waals surface area contributed by atoms with Gasteiger partial charge in [0.2, 0.25) is 0 Å². The Morgan fingerprint density at radius 2 is 1.61 bits per heavy atom. The first kappa shape index (κ1) is 13.4. The maximum Gasteiger partial charge on any atom is 0.252 e. The molecule has 0 fully saturated rings. The van der Waals surface area contributed by atoms with Crippen molar-refractivity contribution in [2.24, 2.45) is 0 Å². The molecule has 0 aliphatic heterocycles. The molecule has 110 valence electrons. The normalized spacial score (nSPS) is 10.8. The largest absolute Gasteiger partial charge is 0.252 e. The van der Waals surface area contributed by atoms with Gasteiger partial charge < -0.3 is 0 Å². The molecule has 0 aliphatic rings. The molecule has 0 N–H and O–H groups in total. The van der Waals surface area contributed by atoms with Crippen molar-refractivity contribution in [3.63, 3.8) is 0 Å². The van der Waals surface area contributed by atoms with E-state index in [-0.39, 0.29) is 0 Å². The fourth-order valence-corrected chi connectivity index (χ4v) is 2.59. The van der Waals surface area contributed by atoms with E-state index in [0.717, 1.165) is 28.0 Å². The molecule has 0 aliphatic carbocycles. The maximum atomic E-state index is 4.68. The zero-order valence-corrected chi connectivity index (χ0v) is 12.4. The Balaban J connectivity index is 1.95. The molecule has 2 aromatic heterocycles. The SMILES string of the molecule is C=C(c1ccccc1)c1cn2ncnc2nc1-c1ccccc1. The van der Waals surface area contributed by atoms with Crippen LogP contribution in [0.25, 0.3) is 22.6 Å². The molecule has 4 nitrogen and oxygen atoms in total. The summed E-state index contributed by atoms with van der Waals surface area (Å²) in [6.45, 7) is 4.27. The maximum absolute atomic E-state index is 4.68. The highest BCUT2D eigenvalue weighted by molar-refractivity contribution is 5.86. The van der Waals surface area contributed by atoms with Gasteiger partial charge in [-0.1, -0.05) is 67.2 Å². The van der Waals surface area contributed by atoms with Crippen molar-refractivity contribution >= 4 is 11.4 Å². The van der Waals surface area contributed by atoms with E-state index in [4.69, 9.17) is 0 Å². The number of fused-ring (bicyclic) bond motifs is 1. The topological polar surface area (TPSA) is 43.1 Å². The van der Waals surface area contributed by atoms with E-state index < -0.39 is 0 Å². The van der Waals surface area contributed by atoms with Gasteiger partial charge in [-0.2, -0.15) is 10.1 Å². The minimum atomic E-state index is 0.577. The molecule has 0 atom stereocenters. The van der Waals surface area contributed by atoms with E-state index in [1.165, 1.54) is 6.33 Å². The average Bonchev–Trinajstić information content (AvgIpc) is 3.09. The van der Waals surface area contributed by atoms with Crippen LogP contribution in [0.2, 0.25) is 0 Å². The summed E-state index contributed by atoms with van der Waals surface area (Å²) in [6, 6.07) is 20.2. The Morgan fingerprint density at radius 1 is 0.913 bits per heavy atom. The monoisotopic (exact) mass is 298 g/mol. The van der Waals surface area contributed by atoms with Crippen LogP contribution in [-0.2, 0) is 0 Å². The highest BCUT2D eigenvalue weighted by Crippen LogP contribution is 2.30. The Hall–Kier alpha value is -3.27. The van der Waals surface area contributed by atoms with E-state index in [0.29, 0.717) is 5.78 Å². The second-order valence-corrected chi connectivity index (χ2v) is 5.22. The van der Waals surface area contributed by atoms with E-state index >= 15 is 0 Å². The fourth-order valence-electron chi connectivity index (χ4n) is 2.59. The first-order valence-corrected chi connectivity index (χ1v) is 7.33. The van der Waals surface area contributed by atoms with Gasteiger partial charge in [-0.3, -0.25) is 0 Å². The summed E-state index contributed by atoms with van der Waals surface area (Å²) in [4.78, 5) is 8.87. The number of aromatic nitrogens is 4. The molecule has 2 heterocycles.